The van der Waals surface area contributed by atoms with Crippen LogP contribution in [0.25, 0.3) is 21.3 Å². The van der Waals surface area contributed by atoms with Crippen LogP contribution in [0.4, 0.5) is 5.69 Å². The molecule has 6 heteroatoms. The van der Waals surface area contributed by atoms with E-state index in [-0.39, 0.29) is 4.88 Å². The van der Waals surface area contributed by atoms with Crippen LogP contribution in [0.15, 0.2) is 24.3 Å². The van der Waals surface area contributed by atoms with Gasteiger partial charge < -0.3 is 10.8 Å². The van der Waals surface area contributed by atoms with E-state index in [9.17, 15) is 9.90 Å². The summed E-state index contributed by atoms with van der Waals surface area (Å²) >= 11 is 7.18. The molecule has 0 radical (unpaired) electrons. The van der Waals surface area contributed by atoms with E-state index in [1.807, 2.05) is 24.3 Å². The number of hydrogen-bond acceptors (Lipinski definition) is 4. The summed E-state index contributed by atoms with van der Waals surface area (Å²) < 4.78 is 0. The molecule has 0 saturated carbocycles. The normalized spacial score (nSPS) is 13.9. The molecule has 0 bridgehead atoms. The van der Waals surface area contributed by atoms with E-state index in [0.29, 0.717) is 15.5 Å². The number of carboxylic acids is 1. The topological polar surface area (TPSA) is 76.2 Å². The van der Waals surface area contributed by atoms with Crippen LogP contribution < -0.4 is 5.73 Å². The number of carbonyl (C=O) groups is 1. The lowest BCUT2D eigenvalue weighted by atomic mass is 9.87. The first kappa shape index (κ1) is 15.4. The Hall–Kier alpha value is -2.11. The number of anilines is 1. The van der Waals surface area contributed by atoms with Crippen LogP contribution in [0.2, 0.25) is 5.02 Å². The molecular weight excluding hydrogens is 344 g/mol. The van der Waals surface area contributed by atoms with Crippen LogP contribution >= 0.6 is 22.9 Å². The number of carboxylic acid groups (broad SMARTS) is 1. The van der Waals surface area contributed by atoms with E-state index in [1.165, 1.54) is 5.56 Å². The van der Waals surface area contributed by atoms with Gasteiger partial charge in [0.25, 0.3) is 0 Å². The molecule has 0 atom stereocenters. The second kappa shape index (κ2) is 5.76. The molecule has 0 fully saturated rings. The third-order valence-electron chi connectivity index (χ3n) is 4.48. The van der Waals surface area contributed by atoms with Gasteiger partial charge in [-0.05, 0) is 54.5 Å². The summed E-state index contributed by atoms with van der Waals surface area (Å²) in [5, 5.41) is 10.8. The van der Waals surface area contributed by atoms with E-state index >= 15 is 0 Å². The van der Waals surface area contributed by atoms with Gasteiger partial charge in [0, 0.05) is 16.1 Å². The number of aromatic carboxylic acids is 1. The number of hydrogen-bond donors (Lipinski definition) is 2. The average molecular weight is 359 g/mol. The smallest absolute Gasteiger partial charge is 0.348 e. The van der Waals surface area contributed by atoms with Crippen LogP contribution in [0.5, 0.6) is 0 Å². The number of nitrogen functional groups attached to an aromatic ring is 1. The van der Waals surface area contributed by atoms with E-state index in [0.717, 1.165) is 59.2 Å². The summed E-state index contributed by atoms with van der Waals surface area (Å²) in [6.45, 7) is 0. The van der Waals surface area contributed by atoms with Crippen LogP contribution in [-0.4, -0.2) is 16.1 Å². The maximum Gasteiger partial charge on any atom is 0.348 e. The molecule has 24 heavy (non-hydrogen) atoms. The van der Waals surface area contributed by atoms with Crippen molar-refractivity contribution in [1.29, 1.82) is 0 Å². The summed E-state index contributed by atoms with van der Waals surface area (Å²) in [6, 6.07) is 7.62. The predicted octanol–water partition coefficient (Wildman–Crippen LogP) is 4.78. The number of rotatable bonds is 2. The van der Waals surface area contributed by atoms with E-state index in [2.05, 4.69) is 0 Å². The van der Waals surface area contributed by atoms with Gasteiger partial charge in [-0.25, -0.2) is 9.78 Å². The molecule has 4 nitrogen and oxygen atoms in total. The average Bonchev–Trinajstić information content (AvgIpc) is 2.90. The number of aryl methyl sites for hydroxylation is 1. The van der Waals surface area contributed by atoms with Gasteiger partial charge in [-0.1, -0.05) is 23.7 Å². The van der Waals surface area contributed by atoms with Gasteiger partial charge in [0.05, 0.1) is 5.69 Å². The van der Waals surface area contributed by atoms with Crippen LogP contribution in [0, 0.1) is 0 Å². The number of nitrogens with two attached hydrogens (primary N) is 1. The van der Waals surface area contributed by atoms with Gasteiger partial charge in [0.2, 0.25) is 0 Å². The maximum atomic E-state index is 11.5. The molecule has 4 rings (SSSR count). The molecule has 0 unspecified atom stereocenters. The van der Waals surface area contributed by atoms with Crippen LogP contribution in [-0.2, 0) is 12.8 Å². The fourth-order valence-corrected chi connectivity index (χ4v) is 4.49. The van der Waals surface area contributed by atoms with Crippen molar-refractivity contribution in [1.82, 2.24) is 4.98 Å². The van der Waals surface area contributed by atoms with Gasteiger partial charge in [-0.15, -0.1) is 11.3 Å². The van der Waals surface area contributed by atoms with Gasteiger partial charge in [-0.3, -0.25) is 0 Å². The minimum atomic E-state index is -1.00. The van der Waals surface area contributed by atoms with E-state index in [4.69, 9.17) is 22.3 Å². The van der Waals surface area contributed by atoms with Crippen molar-refractivity contribution in [3.8, 4) is 11.1 Å². The fraction of sp³-hybridized carbons (Fsp3) is 0.222. The van der Waals surface area contributed by atoms with Crippen molar-refractivity contribution in [2.75, 3.05) is 5.73 Å². The zero-order valence-corrected chi connectivity index (χ0v) is 14.4. The molecule has 3 aromatic rings. The lowest BCUT2D eigenvalue weighted by molar-refractivity contribution is 0.0703. The van der Waals surface area contributed by atoms with Crippen molar-refractivity contribution in [3.05, 3.63) is 45.4 Å². The monoisotopic (exact) mass is 358 g/mol. The highest BCUT2D eigenvalue weighted by Gasteiger charge is 2.25. The van der Waals surface area contributed by atoms with Crippen molar-refractivity contribution in [2.24, 2.45) is 0 Å². The van der Waals surface area contributed by atoms with Crippen molar-refractivity contribution >= 4 is 44.8 Å². The largest absolute Gasteiger partial charge is 0.477 e. The van der Waals surface area contributed by atoms with Crippen molar-refractivity contribution in [3.63, 3.8) is 0 Å². The SMILES string of the molecule is Nc1c(C(=O)O)sc2nc3c(c(-c4ccc(Cl)cc4)c12)CCCC3. The molecule has 2 aromatic heterocycles. The number of aromatic nitrogens is 1. The first-order valence-corrected chi connectivity index (χ1v) is 8.98. The maximum absolute atomic E-state index is 11.5. The predicted molar refractivity (Wildman–Crippen MR) is 98.1 cm³/mol. The van der Waals surface area contributed by atoms with Crippen molar-refractivity contribution in [2.45, 2.75) is 25.7 Å². The molecule has 3 N–H and O–H groups in total. The summed E-state index contributed by atoms with van der Waals surface area (Å²) in [4.78, 5) is 17.1. The summed E-state index contributed by atoms with van der Waals surface area (Å²) in [5.74, 6) is -1.00. The zero-order valence-electron chi connectivity index (χ0n) is 12.8. The molecule has 122 valence electrons. The van der Waals surface area contributed by atoms with Crippen LogP contribution in [0.3, 0.4) is 0 Å². The molecule has 1 aliphatic carbocycles. The summed E-state index contributed by atoms with van der Waals surface area (Å²) in [7, 11) is 0. The van der Waals surface area contributed by atoms with Gasteiger partial charge >= 0.3 is 5.97 Å². The molecular formula is C18H15ClN2O2S. The third kappa shape index (κ3) is 2.36. The molecule has 1 aliphatic rings. The number of halogens is 1. The fourth-order valence-electron chi connectivity index (χ4n) is 3.40. The quantitative estimate of drug-likeness (QED) is 0.691. The minimum absolute atomic E-state index is 0.162. The Balaban J connectivity index is 2.11. The van der Waals surface area contributed by atoms with Gasteiger partial charge in [0.15, 0.2) is 0 Å². The lowest BCUT2D eigenvalue weighted by Gasteiger charge is -2.20. The molecule has 1 aromatic carbocycles. The van der Waals surface area contributed by atoms with Gasteiger partial charge in [0.1, 0.15) is 9.71 Å². The lowest BCUT2D eigenvalue weighted by Crippen LogP contribution is -2.08. The Bertz CT molecular complexity index is 964. The second-order valence-corrected chi connectivity index (χ2v) is 7.39. The summed E-state index contributed by atoms with van der Waals surface area (Å²) in [5.41, 5.74) is 10.8. The molecule has 0 amide bonds. The Morgan fingerprint density at radius 1 is 1.21 bits per heavy atom. The highest BCUT2D eigenvalue weighted by atomic mass is 35.5. The molecule has 0 saturated heterocycles. The molecule has 0 spiro atoms. The standard InChI is InChI=1S/C18H15ClN2O2S/c19-10-7-5-9(6-8-10)13-11-3-1-2-4-12(11)21-17-14(13)15(20)16(24-17)18(22)23/h5-8H,1-4,20H2,(H,22,23). The Kier molecular flexibility index (Phi) is 3.70. The minimum Gasteiger partial charge on any atom is -0.477 e. The van der Waals surface area contributed by atoms with Crippen LogP contribution in [0.1, 0.15) is 33.8 Å². The number of benzene rings is 1. The highest BCUT2D eigenvalue weighted by Crippen LogP contribution is 2.43. The number of fused-ring (bicyclic) bond motifs is 2. The Morgan fingerprint density at radius 2 is 1.92 bits per heavy atom. The number of nitrogens with zero attached hydrogens (tertiary/aromatic N) is 1. The second-order valence-electron chi connectivity index (χ2n) is 5.96. The zero-order chi connectivity index (χ0) is 16.8. The summed E-state index contributed by atoms with van der Waals surface area (Å²) in [6.07, 6.45) is 4.08. The van der Waals surface area contributed by atoms with Crippen molar-refractivity contribution < 1.29 is 9.90 Å². The third-order valence-corrected chi connectivity index (χ3v) is 5.82. The Labute approximate surface area is 147 Å². The highest BCUT2D eigenvalue weighted by molar-refractivity contribution is 7.21. The van der Waals surface area contributed by atoms with Gasteiger partial charge in [-0.2, -0.15) is 0 Å². The van der Waals surface area contributed by atoms with E-state index in [1.54, 1.807) is 0 Å². The first-order valence-electron chi connectivity index (χ1n) is 7.79. The first-order chi connectivity index (χ1) is 11.6. The van der Waals surface area contributed by atoms with E-state index < -0.39 is 5.97 Å². The Morgan fingerprint density at radius 3 is 2.62 bits per heavy atom. The molecule has 2 heterocycles. The number of pyridine rings is 1. The molecule has 0 aliphatic heterocycles. The number of thiophene rings is 1.